The molecule has 2 aliphatic rings. The van der Waals surface area contributed by atoms with Crippen LogP contribution in [-0.2, 0) is 0 Å². The van der Waals surface area contributed by atoms with Gasteiger partial charge in [-0.2, -0.15) is 0 Å². The van der Waals surface area contributed by atoms with Crippen molar-refractivity contribution in [1.82, 2.24) is 5.32 Å². The van der Waals surface area contributed by atoms with Gasteiger partial charge in [0.1, 0.15) is 18.9 Å². The quantitative estimate of drug-likeness (QED) is 0.654. The lowest BCUT2D eigenvalue weighted by Gasteiger charge is -2.22. The Balaban J connectivity index is 1.86. The summed E-state index contributed by atoms with van der Waals surface area (Å²) in [6.45, 7) is 2.70. The molecule has 7 heteroatoms. The summed E-state index contributed by atoms with van der Waals surface area (Å²) in [5.41, 5.74) is 0.529. The second kappa shape index (κ2) is 6.17. The van der Waals surface area contributed by atoms with Gasteiger partial charge in [0.2, 0.25) is 0 Å². The molecular formula is C14H19N3O4. The highest BCUT2D eigenvalue weighted by molar-refractivity contribution is 5.69. The number of rotatable bonds is 3. The molecule has 0 aromatic heterocycles. The Morgan fingerprint density at radius 3 is 2.76 bits per heavy atom. The maximum atomic E-state index is 11.3. The van der Waals surface area contributed by atoms with Crippen LogP contribution in [0.15, 0.2) is 12.1 Å². The number of nitrogens with one attached hydrogen (secondary N) is 2. The maximum Gasteiger partial charge on any atom is 0.296 e. The van der Waals surface area contributed by atoms with Crippen molar-refractivity contribution in [3.8, 4) is 11.5 Å². The molecule has 3 rings (SSSR count). The van der Waals surface area contributed by atoms with Crippen molar-refractivity contribution in [2.75, 3.05) is 31.6 Å². The van der Waals surface area contributed by atoms with Crippen LogP contribution in [0.3, 0.4) is 0 Å². The molecule has 1 aromatic rings. The van der Waals surface area contributed by atoms with E-state index in [9.17, 15) is 10.1 Å². The standard InChI is InChI=1S/C14H19N3O4/c18-17(19)12-8-14-13(20-5-6-21-14)7-11(12)16-10-3-1-2-4-15-9-10/h7-8,10,15-16H,1-6,9H2. The average Bonchev–Trinajstić information content (AvgIpc) is 2.75. The van der Waals surface area contributed by atoms with Gasteiger partial charge < -0.3 is 20.1 Å². The Morgan fingerprint density at radius 2 is 2.00 bits per heavy atom. The van der Waals surface area contributed by atoms with Crippen molar-refractivity contribution >= 4 is 11.4 Å². The van der Waals surface area contributed by atoms with Crippen molar-refractivity contribution in [3.05, 3.63) is 22.2 Å². The molecule has 0 spiro atoms. The Labute approximate surface area is 122 Å². The zero-order valence-corrected chi connectivity index (χ0v) is 11.8. The SMILES string of the molecule is O=[N+]([O-])c1cc2c(cc1NC1CCCCNC1)OCCO2. The molecule has 2 heterocycles. The molecule has 0 radical (unpaired) electrons. The minimum absolute atomic E-state index is 0.0310. The van der Waals surface area contributed by atoms with Crippen LogP contribution >= 0.6 is 0 Å². The molecule has 0 amide bonds. The number of fused-ring (bicyclic) bond motifs is 1. The van der Waals surface area contributed by atoms with Crippen LogP contribution < -0.4 is 20.1 Å². The molecule has 1 aromatic carbocycles. The fraction of sp³-hybridized carbons (Fsp3) is 0.571. The van der Waals surface area contributed by atoms with Crippen LogP contribution in [-0.4, -0.2) is 37.3 Å². The van der Waals surface area contributed by atoms with E-state index in [0.29, 0.717) is 30.4 Å². The van der Waals surface area contributed by atoms with Crippen molar-refractivity contribution in [1.29, 1.82) is 0 Å². The number of hydrogen-bond acceptors (Lipinski definition) is 6. The third kappa shape index (κ3) is 3.18. The monoisotopic (exact) mass is 293 g/mol. The molecule has 1 saturated heterocycles. The highest BCUT2D eigenvalue weighted by Crippen LogP contribution is 2.39. The van der Waals surface area contributed by atoms with E-state index in [0.717, 1.165) is 32.4 Å². The van der Waals surface area contributed by atoms with E-state index in [1.807, 2.05) is 0 Å². The van der Waals surface area contributed by atoms with E-state index >= 15 is 0 Å². The van der Waals surface area contributed by atoms with E-state index in [1.165, 1.54) is 6.07 Å². The first-order chi connectivity index (χ1) is 10.2. The number of anilines is 1. The number of nitro groups is 1. The normalized spacial score (nSPS) is 21.4. The summed E-state index contributed by atoms with van der Waals surface area (Å²) in [4.78, 5) is 10.9. The second-order valence-corrected chi connectivity index (χ2v) is 5.31. The lowest BCUT2D eigenvalue weighted by Crippen LogP contribution is -2.31. The Hall–Kier alpha value is -2.02. The van der Waals surface area contributed by atoms with Gasteiger partial charge in [-0.1, -0.05) is 6.42 Å². The largest absolute Gasteiger partial charge is 0.486 e. The maximum absolute atomic E-state index is 11.3. The van der Waals surface area contributed by atoms with Crippen molar-refractivity contribution in [3.63, 3.8) is 0 Å². The molecule has 0 saturated carbocycles. The molecule has 1 atom stereocenters. The molecule has 1 fully saturated rings. The number of hydrogen-bond donors (Lipinski definition) is 2. The summed E-state index contributed by atoms with van der Waals surface area (Å²) < 4.78 is 10.9. The van der Waals surface area contributed by atoms with Gasteiger partial charge in [-0.15, -0.1) is 0 Å². The van der Waals surface area contributed by atoms with Crippen LogP contribution in [0, 0.1) is 10.1 Å². The Bertz CT molecular complexity index is 527. The zero-order chi connectivity index (χ0) is 14.7. The molecular weight excluding hydrogens is 274 g/mol. The summed E-state index contributed by atoms with van der Waals surface area (Å²) in [6.07, 6.45) is 3.25. The predicted octanol–water partition coefficient (Wildman–Crippen LogP) is 1.92. The van der Waals surface area contributed by atoms with Gasteiger partial charge in [-0.05, 0) is 19.4 Å². The highest BCUT2D eigenvalue weighted by atomic mass is 16.6. The minimum atomic E-state index is -0.384. The van der Waals surface area contributed by atoms with Crippen molar-refractivity contribution in [2.45, 2.75) is 25.3 Å². The first-order valence-electron chi connectivity index (χ1n) is 7.29. The Kier molecular flexibility index (Phi) is 4.10. The Morgan fingerprint density at radius 1 is 1.24 bits per heavy atom. The van der Waals surface area contributed by atoms with Crippen LogP contribution in [0.4, 0.5) is 11.4 Å². The molecule has 0 bridgehead atoms. The summed E-state index contributed by atoms with van der Waals surface area (Å²) >= 11 is 0. The first-order valence-corrected chi connectivity index (χ1v) is 7.29. The van der Waals surface area contributed by atoms with Gasteiger partial charge in [0.25, 0.3) is 5.69 Å². The summed E-state index contributed by atoms with van der Waals surface area (Å²) in [7, 11) is 0. The van der Waals surface area contributed by atoms with Crippen LogP contribution in [0.1, 0.15) is 19.3 Å². The lowest BCUT2D eigenvalue weighted by molar-refractivity contribution is -0.384. The van der Waals surface area contributed by atoms with Gasteiger partial charge in [0.05, 0.1) is 11.0 Å². The summed E-state index contributed by atoms with van der Waals surface area (Å²) in [6, 6.07) is 3.31. The lowest BCUT2D eigenvalue weighted by atomic mass is 10.1. The third-order valence-electron chi connectivity index (χ3n) is 3.76. The first kappa shape index (κ1) is 13.9. The third-order valence-corrected chi connectivity index (χ3v) is 3.76. The molecule has 0 aliphatic carbocycles. The van der Waals surface area contributed by atoms with Crippen LogP contribution in [0.25, 0.3) is 0 Å². The zero-order valence-electron chi connectivity index (χ0n) is 11.8. The van der Waals surface area contributed by atoms with Gasteiger partial charge in [0, 0.05) is 18.7 Å². The second-order valence-electron chi connectivity index (χ2n) is 5.31. The van der Waals surface area contributed by atoms with Gasteiger partial charge in [-0.25, -0.2) is 0 Å². The van der Waals surface area contributed by atoms with E-state index in [2.05, 4.69) is 10.6 Å². The number of nitrogens with zero attached hydrogens (tertiary/aromatic N) is 1. The van der Waals surface area contributed by atoms with E-state index < -0.39 is 0 Å². The van der Waals surface area contributed by atoms with Gasteiger partial charge >= 0.3 is 0 Å². The van der Waals surface area contributed by atoms with E-state index in [4.69, 9.17) is 9.47 Å². The average molecular weight is 293 g/mol. The van der Waals surface area contributed by atoms with E-state index in [-0.39, 0.29) is 16.7 Å². The predicted molar refractivity (Wildman–Crippen MR) is 78.2 cm³/mol. The molecule has 2 aliphatic heterocycles. The smallest absolute Gasteiger partial charge is 0.296 e. The number of ether oxygens (including phenoxy) is 2. The van der Waals surface area contributed by atoms with Crippen LogP contribution in [0.5, 0.6) is 11.5 Å². The molecule has 7 nitrogen and oxygen atoms in total. The highest BCUT2D eigenvalue weighted by Gasteiger charge is 2.24. The van der Waals surface area contributed by atoms with Gasteiger partial charge in [-0.3, -0.25) is 10.1 Å². The fourth-order valence-electron chi connectivity index (χ4n) is 2.71. The van der Waals surface area contributed by atoms with Crippen molar-refractivity contribution in [2.24, 2.45) is 0 Å². The summed E-state index contributed by atoms with van der Waals surface area (Å²) in [5.74, 6) is 1.01. The van der Waals surface area contributed by atoms with E-state index in [1.54, 1.807) is 6.07 Å². The van der Waals surface area contributed by atoms with Gasteiger partial charge in [0.15, 0.2) is 11.5 Å². The number of benzene rings is 1. The molecule has 1 unspecified atom stereocenters. The molecule has 2 N–H and O–H groups in total. The topological polar surface area (TPSA) is 85.7 Å². The van der Waals surface area contributed by atoms with Crippen molar-refractivity contribution < 1.29 is 14.4 Å². The molecule has 21 heavy (non-hydrogen) atoms. The summed E-state index contributed by atoms with van der Waals surface area (Å²) in [5, 5.41) is 17.9. The minimum Gasteiger partial charge on any atom is -0.486 e. The van der Waals surface area contributed by atoms with Crippen LogP contribution in [0.2, 0.25) is 0 Å². The molecule has 114 valence electrons. The fourth-order valence-corrected chi connectivity index (χ4v) is 2.71. The number of nitro benzene ring substituents is 1.